The van der Waals surface area contributed by atoms with Gasteiger partial charge in [0.1, 0.15) is 0 Å². The van der Waals surface area contributed by atoms with Gasteiger partial charge in [0.25, 0.3) is 0 Å². The summed E-state index contributed by atoms with van der Waals surface area (Å²) in [5.41, 5.74) is 0. The van der Waals surface area contributed by atoms with Gasteiger partial charge in [0.2, 0.25) is 0 Å². The van der Waals surface area contributed by atoms with Gasteiger partial charge in [-0.25, -0.2) is 0 Å². The van der Waals surface area contributed by atoms with E-state index in [-0.39, 0.29) is 12.6 Å². The molecule has 0 unspecified atom stereocenters. The first-order valence-electron chi connectivity index (χ1n) is 6.46. The van der Waals surface area contributed by atoms with Crippen molar-refractivity contribution < 1.29 is 13.9 Å². The number of halogens is 1. The van der Waals surface area contributed by atoms with E-state index >= 15 is 0 Å². The standard InChI is InChI=1S/C13H25FO2S/c1-12(2)10-16-13(15)11-17-9-7-5-3-4-6-8-14/h12H,3-11H2,1-2H3. The lowest BCUT2D eigenvalue weighted by Gasteiger charge is -2.06. The molecule has 0 rings (SSSR count). The topological polar surface area (TPSA) is 26.3 Å². The molecule has 0 aliphatic rings. The largest absolute Gasteiger partial charge is 0.465 e. The normalized spacial score (nSPS) is 10.8. The van der Waals surface area contributed by atoms with E-state index in [0.29, 0.717) is 24.7 Å². The molecule has 0 aliphatic heterocycles. The van der Waals surface area contributed by atoms with Crippen LogP contribution in [0.25, 0.3) is 0 Å². The fraction of sp³-hybridized carbons (Fsp3) is 0.923. The van der Waals surface area contributed by atoms with E-state index in [1.165, 1.54) is 0 Å². The quantitative estimate of drug-likeness (QED) is 0.419. The molecule has 0 heterocycles. The molecule has 0 atom stereocenters. The Hall–Kier alpha value is -0.250. The SMILES string of the molecule is CC(C)COC(=O)CSCCCCCCCF. The summed E-state index contributed by atoms with van der Waals surface area (Å²) < 4.78 is 16.8. The van der Waals surface area contributed by atoms with Crippen LogP contribution in [0.1, 0.15) is 46.0 Å². The van der Waals surface area contributed by atoms with Crippen LogP contribution in [0.3, 0.4) is 0 Å². The van der Waals surface area contributed by atoms with Gasteiger partial charge in [-0.2, -0.15) is 11.8 Å². The molecule has 0 bridgehead atoms. The Balaban J connectivity index is 3.14. The van der Waals surface area contributed by atoms with Gasteiger partial charge in [-0.05, 0) is 24.5 Å². The van der Waals surface area contributed by atoms with Crippen LogP contribution in [0.15, 0.2) is 0 Å². The summed E-state index contributed by atoms with van der Waals surface area (Å²) in [6.45, 7) is 4.37. The van der Waals surface area contributed by atoms with Crippen LogP contribution in [0.2, 0.25) is 0 Å². The Morgan fingerprint density at radius 1 is 1.18 bits per heavy atom. The fourth-order valence-corrected chi connectivity index (χ4v) is 2.09. The summed E-state index contributed by atoms with van der Waals surface area (Å²) in [6, 6.07) is 0. The van der Waals surface area contributed by atoms with Crippen LogP contribution in [0.5, 0.6) is 0 Å². The van der Waals surface area contributed by atoms with Crippen molar-refractivity contribution in [2.75, 3.05) is 24.8 Å². The molecule has 4 heteroatoms. The molecule has 0 spiro atoms. The lowest BCUT2D eigenvalue weighted by molar-refractivity contribution is -0.141. The monoisotopic (exact) mass is 264 g/mol. The van der Waals surface area contributed by atoms with Crippen molar-refractivity contribution in [2.45, 2.75) is 46.0 Å². The van der Waals surface area contributed by atoms with E-state index in [1.54, 1.807) is 11.8 Å². The van der Waals surface area contributed by atoms with Crippen LogP contribution >= 0.6 is 11.8 Å². The smallest absolute Gasteiger partial charge is 0.315 e. The number of unbranched alkanes of at least 4 members (excludes halogenated alkanes) is 4. The number of carbonyl (C=O) groups excluding carboxylic acids is 1. The molecule has 0 saturated carbocycles. The van der Waals surface area contributed by atoms with Crippen molar-refractivity contribution in [1.29, 1.82) is 0 Å². The summed E-state index contributed by atoms with van der Waals surface area (Å²) in [5.74, 6) is 1.74. The van der Waals surface area contributed by atoms with Gasteiger partial charge in [0.05, 0.1) is 19.0 Å². The average molecular weight is 264 g/mol. The maximum absolute atomic E-state index is 11.8. The van der Waals surface area contributed by atoms with Crippen molar-refractivity contribution in [3.8, 4) is 0 Å². The second-order valence-corrected chi connectivity index (χ2v) is 5.69. The van der Waals surface area contributed by atoms with E-state index in [2.05, 4.69) is 0 Å². The number of hydrogen-bond donors (Lipinski definition) is 0. The number of esters is 1. The number of rotatable bonds is 11. The third-order valence-corrected chi connectivity index (χ3v) is 3.24. The minimum atomic E-state index is -0.198. The van der Waals surface area contributed by atoms with E-state index < -0.39 is 0 Å². The lowest BCUT2D eigenvalue weighted by atomic mass is 10.2. The molecule has 2 nitrogen and oxygen atoms in total. The van der Waals surface area contributed by atoms with E-state index in [1.807, 2.05) is 13.8 Å². The van der Waals surface area contributed by atoms with Gasteiger partial charge in [-0.15, -0.1) is 0 Å². The maximum Gasteiger partial charge on any atom is 0.315 e. The number of ether oxygens (including phenoxy) is 1. The summed E-state index contributed by atoms with van der Waals surface area (Å²) in [5, 5.41) is 0. The van der Waals surface area contributed by atoms with Crippen LogP contribution in [0.4, 0.5) is 4.39 Å². The Morgan fingerprint density at radius 2 is 1.82 bits per heavy atom. The number of carbonyl (C=O) groups is 1. The maximum atomic E-state index is 11.8. The molecule has 102 valence electrons. The van der Waals surface area contributed by atoms with Gasteiger partial charge in [-0.1, -0.05) is 33.1 Å². The molecular formula is C13H25FO2S. The van der Waals surface area contributed by atoms with Gasteiger partial charge in [0.15, 0.2) is 0 Å². The first-order chi connectivity index (χ1) is 8.16. The van der Waals surface area contributed by atoms with Crippen LogP contribution in [0, 0.1) is 5.92 Å². The predicted octanol–water partition coefficient (Wildman–Crippen LogP) is 3.84. The highest BCUT2D eigenvalue weighted by Crippen LogP contribution is 2.09. The second kappa shape index (κ2) is 12.2. The third-order valence-electron chi connectivity index (χ3n) is 2.22. The molecule has 0 fully saturated rings. The zero-order chi connectivity index (χ0) is 12.9. The molecule has 0 amide bonds. The number of thioether (sulfide) groups is 1. The van der Waals surface area contributed by atoms with Crippen LogP contribution in [-0.2, 0) is 9.53 Å². The van der Waals surface area contributed by atoms with Crippen molar-refractivity contribution in [2.24, 2.45) is 5.92 Å². The number of hydrogen-bond acceptors (Lipinski definition) is 3. The molecule has 0 aromatic rings. The molecule has 0 aliphatic carbocycles. The molecule has 17 heavy (non-hydrogen) atoms. The first-order valence-corrected chi connectivity index (χ1v) is 7.61. The van der Waals surface area contributed by atoms with Crippen LogP contribution < -0.4 is 0 Å². The third kappa shape index (κ3) is 13.7. The summed E-state index contributed by atoms with van der Waals surface area (Å²) >= 11 is 1.63. The molecule has 0 radical (unpaired) electrons. The van der Waals surface area contributed by atoms with Gasteiger partial charge in [-0.3, -0.25) is 9.18 Å². The Labute approximate surface area is 109 Å². The van der Waals surface area contributed by atoms with E-state index in [0.717, 1.165) is 31.4 Å². The van der Waals surface area contributed by atoms with Crippen molar-refractivity contribution >= 4 is 17.7 Å². The van der Waals surface area contributed by atoms with E-state index in [4.69, 9.17) is 4.74 Å². The van der Waals surface area contributed by atoms with Gasteiger partial charge in [0, 0.05) is 0 Å². The van der Waals surface area contributed by atoms with Crippen molar-refractivity contribution in [3.63, 3.8) is 0 Å². The van der Waals surface area contributed by atoms with E-state index in [9.17, 15) is 9.18 Å². The highest BCUT2D eigenvalue weighted by atomic mass is 32.2. The van der Waals surface area contributed by atoms with Crippen LogP contribution in [-0.4, -0.2) is 30.8 Å². The zero-order valence-corrected chi connectivity index (χ0v) is 11.9. The van der Waals surface area contributed by atoms with Crippen molar-refractivity contribution in [3.05, 3.63) is 0 Å². The highest BCUT2D eigenvalue weighted by molar-refractivity contribution is 7.99. The van der Waals surface area contributed by atoms with Gasteiger partial charge >= 0.3 is 5.97 Å². The fourth-order valence-electron chi connectivity index (χ4n) is 1.29. The molecular weight excluding hydrogens is 239 g/mol. The molecule has 0 aromatic carbocycles. The predicted molar refractivity (Wildman–Crippen MR) is 72.2 cm³/mol. The Kier molecular flexibility index (Phi) is 12.0. The minimum absolute atomic E-state index is 0.110. The molecule has 0 N–H and O–H groups in total. The number of alkyl halides is 1. The summed E-state index contributed by atoms with van der Waals surface area (Å²) in [4.78, 5) is 11.2. The molecule has 0 aromatic heterocycles. The Bertz CT molecular complexity index is 186. The minimum Gasteiger partial charge on any atom is -0.465 e. The highest BCUT2D eigenvalue weighted by Gasteiger charge is 2.03. The summed E-state index contributed by atoms with van der Waals surface area (Å²) in [6.07, 6.45) is 5.01. The average Bonchev–Trinajstić information content (AvgIpc) is 2.30. The molecule has 0 saturated heterocycles. The zero-order valence-electron chi connectivity index (χ0n) is 11.0. The van der Waals surface area contributed by atoms with Crippen molar-refractivity contribution in [1.82, 2.24) is 0 Å². The second-order valence-electron chi connectivity index (χ2n) is 4.59. The lowest BCUT2D eigenvalue weighted by Crippen LogP contribution is -2.12. The van der Waals surface area contributed by atoms with Gasteiger partial charge < -0.3 is 4.74 Å². The first kappa shape index (κ1) is 16.8. The summed E-state index contributed by atoms with van der Waals surface area (Å²) in [7, 11) is 0. The Morgan fingerprint density at radius 3 is 2.47 bits per heavy atom.